The lowest BCUT2D eigenvalue weighted by molar-refractivity contribution is 0.619. The Bertz CT molecular complexity index is 795. The van der Waals surface area contributed by atoms with Crippen LogP contribution in [0.1, 0.15) is 31.7 Å². The Kier molecular flexibility index (Phi) is 3.60. The largest absolute Gasteiger partial charge is 0.436 e. The van der Waals surface area contributed by atoms with Crippen LogP contribution in [-0.4, -0.2) is 4.98 Å². The van der Waals surface area contributed by atoms with Gasteiger partial charge in [0.2, 0.25) is 5.89 Å². The summed E-state index contributed by atoms with van der Waals surface area (Å²) in [5, 5.41) is 0.536. The van der Waals surface area contributed by atoms with Gasteiger partial charge in [-0.05, 0) is 48.2 Å². The van der Waals surface area contributed by atoms with Crippen molar-refractivity contribution in [2.24, 2.45) is 0 Å². The van der Waals surface area contributed by atoms with Crippen LogP contribution in [0.3, 0.4) is 0 Å². The Labute approximate surface area is 128 Å². The maximum Gasteiger partial charge on any atom is 0.227 e. The van der Waals surface area contributed by atoms with Crippen LogP contribution in [0.5, 0.6) is 0 Å². The first-order valence-corrected chi connectivity index (χ1v) is 7.42. The minimum absolute atomic E-state index is 0.515. The molecule has 0 unspecified atom stereocenters. The summed E-state index contributed by atoms with van der Waals surface area (Å²) in [7, 11) is 0. The van der Waals surface area contributed by atoms with E-state index in [1.807, 2.05) is 12.1 Å². The highest BCUT2D eigenvalue weighted by Gasteiger charge is 2.11. The normalized spacial score (nSPS) is 12.7. The molecule has 0 spiro atoms. The number of aromatic nitrogens is 1. The van der Waals surface area contributed by atoms with Gasteiger partial charge in [0.25, 0.3) is 0 Å². The van der Waals surface area contributed by atoms with E-state index in [0.29, 0.717) is 22.5 Å². The van der Waals surface area contributed by atoms with Crippen molar-refractivity contribution in [1.82, 2.24) is 4.98 Å². The second-order valence-electron chi connectivity index (χ2n) is 5.29. The lowest BCUT2D eigenvalue weighted by Gasteiger charge is -2.07. The third kappa shape index (κ3) is 2.61. The Hall–Kier alpha value is -2.00. The maximum atomic E-state index is 5.94. The molecule has 4 heteroatoms. The van der Waals surface area contributed by atoms with Gasteiger partial charge in [0.1, 0.15) is 5.52 Å². The molecular formula is C17H17ClN2O. The van der Waals surface area contributed by atoms with E-state index in [1.54, 1.807) is 12.1 Å². The highest BCUT2D eigenvalue weighted by atomic mass is 35.5. The Morgan fingerprint density at radius 1 is 1.24 bits per heavy atom. The van der Waals surface area contributed by atoms with E-state index in [2.05, 4.69) is 31.0 Å². The van der Waals surface area contributed by atoms with Crippen molar-refractivity contribution in [3.63, 3.8) is 0 Å². The second-order valence-corrected chi connectivity index (χ2v) is 5.70. The van der Waals surface area contributed by atoms with Crippen molar-refractivity contribution < 1.29 is 4.42 Å². The molecule has 0 fully saturated rings. The number of hydrogen-bond acceptors (Lipinski definition) is 3. The molecule has 1 heterocycles. The van der Waals surface area contributed by atoms with Crippen LogP contribution < -0.4 is 5.73 Å². The number of anilines is 1. The van der Waals surface area contributed by atoms with Gasteiger partial charge >= 0.3 is 0 Å². The first kappa shape index (κ1) is 14.0. The fourth-order valence-electron chi connectivity index (χ4n) is 2.29. The van der Waals surface area contributed by atoms with Gasteiger partial charge < -0.3 is 10.2 Å². The molecule has 2 N–H and O–H groups in total. The van der Waals surface area contributed by atoms with Gasteiger partial charge in [0, 0.05) is 5.56 Å². The molecule has 2 aromatic carbocycles. The molecule has 0 bridgehead atoms. The molecule has 3 rings (SSSR count). The van der Waals surface area contributed by atoms with Crippen molar-refractivity contribution >= 4 is 28.4 Å². The van der Waals surface area contributed by atoms with Gasteiger partial charge in [-0.3, -0.25) is 0 Å². The SMILES string of the molecule is CC[C@H](C)c1ccc2oc(-c3ccc(Cl)c(N)c3)nc2c1. The Balaban J connectivity index is 2.06. The summed E-state index contributed by atoms with van der Waals surface area (Å²) in [5.74, 6) is 1.08. The summed E-state index contributed by atoms with van der Waals surface area (Å²) < 4.78 is 5.81. The van der Waals surface area contributed by atoms with Crippen LogP contribution in [0.2, 0.25) is 5.02 Å². The highest BCUT2D eigenvalue weighted by Crippen LogP contribution is 2.30. The predicted molar refractivity (Wildman–Crippen MR) is 87.6 cm³/mol. The lowest BCUT2D eigenvalue weighted by atomic mass is 9.98. The quantitative estimate of drug-likeness (QED) is 0.673. The number of oxazole rings is 1. The monoisotopic (exact) mass is 300 g/mol. The molecule has 1 atom stereocenters. The zero-order valence-electron chi connectivity index (χ0n) is 12.1. The van der Waals surface area contributed by atoms with Gasteiger partial charge in [-0.15, -0.1) is 0 Å². The summed E-state index contributed by atoms with van der Waals surface area (Å²) in [6.45, 7) is 4.39. The molecule has 3 aromatic rings. The number of nitrogen functional groups attached to an aromatic ring is 1. The summed E-state index contributed by atoms with van der Waals surface area (Å²) in [5.41, 5.74) is 10.1. The van der Waals surface area contributed by atoms with E-state index in [4.69, 9.17) is 21.8 Å². The van der Waals surface area contributed by atoms with E-state index in [9.17, 15) is 0 Å². The Morgan fingerprint density at radius 2 is 2.05 bits per heavy atom. The molecule has 0 aliphatic rings. The first-order chi connectivity index (χ1) is 10.1. The fraction of sp³-hybridized carbons (Fsp3) is 0.235. The van der Waals surface area contributed by atoms with Gasteiger partial charge in [-0.25, -0.2) is 4.98 Å². The predicted octanol–water partition coefficient (Wildman–Crippen LogP) is 5.24. The second kappa shape index (κ2) is 5.41. The van der Waals surface area contributed by atoms with E-state index in [-0.39, 0.29) is 0 Å². The van der Waals surface area contributed by atoms with Crippen LogP contribution >= 0.6 is 11.6 Å². The van der Waals surface area contributed by atoms with Crippen molar-refractivity contribution in [2.75, 3.05) is 5.73 Å². The summed E-state index contributed by atoms with van der Waals surface area (Å²) in [6.07, 6.45) is 1.10. The van der Waals surface area contributed by atoms with Crippen molar-refractivity contribution in [1.29, 1.82) is 0 Å². The molecule has 0 amide bonds. The number of rotatable bonds is 3. The third-order valence-electron chi connectivity index (χ3n) is 3.84. The average molecular weight is 301 g/mol. The zero-order chi connectivity index (χ0) is 15.0. The molecule has 0 saturated carbocycles. The Morgan fingerprint density at radius 3 is 2.76 bits per heavy atom. The van der Waals surface area contributed by atoms with Crippen LogP contribution in [0.15, 0.2) is 40.8 Å². The molecular weight excluding hydrogens is 284 g/mol. The number of nitrogens with zero attached hydrogens (tertiary/aromatic N) is 1. The average Bonchev–Trinajstić information content (AvgIpc) is 2.92. The van der Waals surface area contributed by atoms with E-state index >= 15 is 0 Å². The molecule has 0 aliphatic carbocycles. The fourth-order valence-corrected chi connectivity index (χ4v) is 2.40. The minimum Gasteiger partial charge on any atom is -0.436 e. The number of fused-ring (bicyclic) bond motifs is 1. The van der Waals surface area contributed by atoms with Gasteiger partial charge in [0.15, 0.2) is 5.58 Å². The van der Waals surface area contributed by atoms with Crippen LogP contribution in [0.4, 0.5) is 5.69 Å². The van der Waals surface area contributed by atoms with E-state index in [0.717, 1.165) is 23.1 Å². The molecule has 3 nitrogen and oxygen atoms in total. The minimum atomic E-state index is 0.515. The van der Waals surface area contributed by atoms with Gasteiger partial charge in [-0.1, -0.05) is 31.5 Å². The van der Waals surface area contributed by atoms with Gasteiger partial charge in [-0.2, -0.15) is 0 Å². The lowest BCUT2D eigenvalue weighted by Crippen LogP contribution is -1.90. The summed E-state index contributed by atoms with van der Waals surface area (Å²) in [4.78, 5) is 4.57. The smallest absolute Gasteiger partial charge is 0.227 e. The van der Waals surface area contributed by atoms with Gasteiger partial charge in [0.05, 0.1) is 10.7 Å². The standard InChI is InChI=1S/C17H17ClN2O/c1-3-10(2)11-5-7-16-15(9-11)20-17(21-16)12-4-6-13(18)14(19)8-12/h4-10H,3,19H2,1-2H3/t10-/m0/s1. The van der Waals surface area contributed by atoms with Crippen molar-refractivity contribution in [3.8, 4) is 11.5 Å². The molecule has 108 valence electrons. The van der Waals surface area contributed by atoms with Crippen LogP contribution in [0, 0.1) is 0 Å². The van der Waals surface area contributed by atoms with Crippen LogP contribution in [0.25, 0.3) is 22.6 Å². The number of hydrogen-bond donors (Lipinski definition) is 1. The van der Waals surface area contributed by atoms with Crippen molar-refractivity contribution in [3.05, 3.63) is 47.0 Å². The molecule has 0 saturated heterocycles. The van der Waals surface area contributed by atoms with E-state index < -0.39 is 0 Å². The molecule has 21 heavy (non-hydrogen) atoms. The van der Waals surface area contributed by atoms with E-state index in [1.165, 1.54) is 5.56 Å². The number of halogens is 1. The summed E-state index contributed by atoms with van der Waals surface area (Å²) >= 11 is 5.94. The maximum absolute atomic E-state index is 5.94. The molecule has 0 aliphatic heterocycles. The zero-order valence-corrected chi connectivity index (χ0v) is 12.8. The molecule has 0 radical (unpaired) electrons. The van der Waals surface area contributed by atoms with Crippen molar-refractivity contribution in [2.45, 2.75) is 26.2 Å². The topological polar surface area (TPSA) is 52.0 Å². The third-order valence-corrected chi connectivity index (χ3v) is 4.18. The first-order valence-electron chi connectivity index (χ1n) is 7.04. The summed E-state index contributed by atoms with van der Waals surface area (Å²) in [6, 6.07) is 11.6. The number of nitrogens with two attached hydrogens (primary N) is 1. The number of benzene rings is 2. The molecule has 1 aromatic heterocycles. The highest BCUT2D eigenvalue weighted by molar-refractivity contribution is 6.33. The van der Waals surface area contributed by atoms with Crippen LogP contribution in [-0.2, 0) is 0 Å².